The lowest BCUT2D eigenvalue weighted by atomic mass is 9.90. The summed E-state index contributed by atoms with van der Waals surface area (Å²) >= 11 is 0. The zero-order chi connectivity index (χ0) is 19.5. The van der Waals surface area contributed by atoms with Crippen molar-refractivity contribution >= 4 is 16.8 Å². The van der Waals surface area contributed by atoms with E-state index in [-0.39, 0.29) is 17.8 Å². The summed E-state index contributed by atoms with van der Waals surface area (Å²) in [5.41, 5.74) is 4.57. The fourth-order valence-electron chi connectivity index (χ4n) is 4.43. The number of fused-ring (bicyclic) bond motifs is 3. The lowest BCUT2D eigenvalue weighted by Gasteiger charge is -2.34. The fourth-order valence-corrected chi connectivity index (χ4v) is 4.43. The molecule has 3 nitrogen and oxygen atoms in total. The summed E-state index contributed by atoms with van der Waals surface area (Å²) in [4.78, 5) is 18.5. The molecule has 1 atom stereocenters. The fraction of sp³-hybridized carbons (Fsp3) is 0.375. The molecule has 1 heterocycles. The molecule has 1 aliphatic rings. The summed E-state index contributed by atoms with van der Waals surface area (Å²) in [6, 6.07) is 15.3. The Morgan fingerprint density at radius 1 is 1.21 bits per heavy atom. The summed E-state index contributed by atoms with van der Waals surface area (Å²) in [6.45, 7) is 2.90. The van der Waals surface area contributed by atoms with Gasteiger partial charge in [0.15, 0.2) is 0 Å². The quantitative estimate of drug-likeness (QED) is 0.641. The molecule has 4 heteroatoms. The first-order valence-electron chi connectivity index (χ1n) is 10.3. The molecule has 1 amide bonds. The summed E-state index contributed by atoms with van der Waals surface area (Å²) in [5, 5.41) is 0.966. The van der Waals surface area contributed by atoms with E-state index in [1.807, 2.05) is 24.3 Å². The minimum Gasteiger partial charge on any atom is -0.358 e. The van der Waals surface area contributed by atoms with Gasteiger partial charge in [-0.05, 0) is 61.4 Å². The predicted molar refractivity (Wildman–Crippen MR) is 111 cm³/mol. The molecule has 0 radical (unpaired) electrons. The van der Waals surface area contributed by atoms with Crippen LogP contribution in [-0.2, 0) is 24.1 Å². The average Bonchev–Trinajstić information content (AvgIpc) is 3.08. The van der Waals surface area contributed by atoms with Crippen molar-refractivity contribution in [2.45, 2.75) is 51.5 Å². The van der Waals surface area contributed by atoms with E-state index in [0.717, 1.165) is 49.6 Å². The lowest BCUT2D eigenvalue weighted by Crippen LogP contribution is -2.44. The van der Waals surface area contributed by atoms with Gasteiger partial charge in [0.25, 0.3) is 0 Å². The van der Waals surface area contributed by atoms with Gasteiger partial charge in [0.2, 0.25) is 5.91 Å². The number of carbonyl (C=O) groups is 1. The van der Waals surface area contributed by atoms with Crippen LogP contribution < -0.4 is 0 Å². The molecule has 0 fully saturated rings. The van der Waals surface area contributed by atoms with Crippen LogP contribution in [0.3, 0.4) is 0 Å². The van der Waals surface area contributed by atoms with Gasteiger partial charge in [-0.25, -0.2) is 4.39 Å². The maximum absolute atomic E-state index is 13.8. The standard InChI is InChI=1S/C24H27FN2O/c1-2-14-27(24(28)13-8-17-6-4-3-5-7-17)19-10-12-23-21(16-19)20-15-18(25)9-11-22(20)26-23/h3-7,9,11,15,19,26H,2,8,10,12-14,16H2,1H3. The van der Waals surface area contributed by atoms with Crippen molar-refractivity contribution in [3.8, 4) is 0 Å². The monoisotopic (exact) mass is 378 g/mol. The lowest BCUT2D eigenvalue weighted by molar-refractivity contribution is -0.133. The minimum absolute atomic E-state index is 0.193. The van der Waals surface area contributed by atoms with Gasteiger partial charge in [0, 0.05) is 35.6 Å². The molecule has 0 aliphatic heterocycles. The number of nitrogens with one attached hydrogen (secondary N) is 1. The van der Waals surface area contributed by atoms with Gasteiger partial charge < -0.3 is 9.88 Å². The van der Waals surface area contributed by atoms with Crippen LogP contribution in [-0.4, -0.2) is 28.4 Å². The number of rotatable bonds is 6. The summed E-state index contributed by atoms with van der Waals surface area (Å²) in [5.74, 6) is 0.0194. The number of aromatic amines is 1. The van der Waals surface area contributed by atoms with Crippen molar-refractivity contribution in [2.75, 3.05) is 6.54 Å². The SMILES string of the molecule is CCCN(C(=O)CCc1ccccc1)C1CCc2[nH]c3ccc(F)cc3c2C1. The second-order valence-electron chi connectivity index (χ2n) is 7.74. The van der Waals surface area contributed by atoms with E-state index in [4.69, 9.17) is 0 Å². The highest BCUT2D eigenvalue weighted by atomic mass is 19.1. The highest BCUT2D eigenvalue weighted by molar-refractivity contribution is 5.85. The molecule has 1 aromatic heterocycles. The Hall–Kier alpha value is -2.62. The first kappa shape index (κ1) is 18.7. The Labute approximate surface area is 165 Å². The maximum Gasteiger partial charge on any atom is 0.223 e. The molecule has 0 saturated carbocycles. The molecule has 3 aromatic rings. The van der Waals surface area contributed by atoms with E-state index in [1.54, 1.807) is 6.07 Å². The molecule has 146 valence electrons. The van der Waals surface area contributed by atoms with Crippen LogP contribution in [0.25, 0.3) is 10.9 Å². The number of H-pyrrole nitrogens is 1. The maximum atomic E-state index is 13.8. The minimum atomic E-state index is -0.208. The Kier molecular flexibility index (Phi) is 5.47. The molecular formula is C24H27FN2O. The number of halogens is 1. The molecule has 2 aromatic carbocycles. The number of nitrogens with zero attached hydrogens (tertiary/aromatic N) is 1. The van der Waals surface area contributed by atoms with Gasteiger partial charge in [0.1, 0.15) is 5.82 Å². The first-order valence-corrected chi connectivity index (χ1v) is 10.3. The van der Waals surface area contributed by atoms with Crippen LogP contribution in [0.4, 0.5) is 4.39 Å². The molecule has 4 rings (SSSR count). The molecule has 1 N–H and O–H groups in total. The van der Waals surface area contributed by atoms with Crippen molar-refractivity contribution in [1.82, 2.24) is 9.88 Å². The predicted octanol–water partition coefficient (Wildman–Crippen LogP) is 5.04. The Morgan fingerprint density at radius 3 is 2.82 bits per heavy atom. The van der Waals surface area contributed by atoms with Crippen LogP contribution in [0.15, 0.2) is 48.5 Å². The normalized spacial score (nSPS) is 16.1. The molecule has 1 unspecified atom stereocenters. The number of carbonyl (C=O) groups excluding carboxylic acids is 1. The number of aryl methyl sites for hydroxylation is 2. The van der Waals surface area contributed by atoms with E-state index >= 15 is 0 Å². The molecule has 0 saturated heterocycles. The van der Waals surface area contributed by atoms with Crippen molar-refractivity contribution in [3.05, 3.63) is 71.2 Å². The highest BCUT2D eigenvalue weighted by Gasteiger charge is 2.29. The van der Waals surface area contributed by atoms with Crippen LogP contribution in [0.1, 0.15) is 43.0 Å². The van der Waals surface area contributed by atoms with E-state index in [2.05, 4.69) is 28.9 Å². The van der Waals surface area contributed by atoms with E-state index in [9.17, 15) is 9.18 Å². The van der Waals surface area contributed by atoms with Gasteiger partial charge in [0.05, 0.1) is 0 Å². The first-order chi connectivity index (χ1) is 13.7. The van der Waals surface area contributed by atoms with Gasteiger partial charge >= 0.3 is 0 Å². The second-order valence-corrected chi connectivity index (χ2v) is 7.74. The molecule has 0 spiro atoms. The number of hydrogen-bond acceptors (Lipinski definition) is 1. The van der Waals surface area contributed by atoms with Gasteiger partial charge in [-0.15, -0.1) is 0 Å². The second kappa shape index (κ2) is 8.17. The zero-order valence-corrected chi connectivity index (χ0v) is 16.4. The Balaban J connectivity index is 1.51. The van der Waals surface area contributed by atoms with Gasteiger partial charge in [-0.1, -0.05) is 37.3 Å². The van der Waals surface area contributed by atoms with Gasteiger partial charge in [-0.3, -0.25) is 4.79 Å². The van der Waals surface area contributed by atoms with E-state index in [1.165, 1.54) is 22.9 Å². The van der Waals surface area contributed by atoms with Crippen molar-refractivity contribution in [3.63, 3.8) is 0 Å². The summed E-state index contributed by atoms with van der Waals surface area (Å²) in [6.07, 6.45) is 4.92. The van der Waals surface area contributed by atoms with Crippen molar-refractivity contribution in [2.24, 2.45) is 0 Å². The number of benzene rings is 2. The average molecular weight is 378 g/mol. The molecule has 1 aliphatic carbocycles. The third kappa shape index (κ3) is 3.82. The number of hydrogen-bond donors (Lipinski definition) is 1. The van der Waals surface area contributed by atoms with E-state index in [0.29, 0.717) is 6.42 Å². The summed E-state index contributed by atoms with van der Waals surface area (Å²) in [7, 11) is 0. The Morgan fingerprint density at radius 2 is 2.04 bits per heavy atom. The third-order valence-corrected chi connectivity index (χ3v) is 5.82. The Bertz CT molecular complexity index is 963. The summed E-state index contributed by atoms with van der Waals surface area (Å²) < 4.78 is 13.8. The number of aromatic nitrogens is 1. The molecule has 28 heavy (non-hydrogen) atoms. The smallest absolute Gasteiger partial charge is 0.223 e. The van der Waals surface area contributed by atoms with Crippen LogP contribution in [0.2, 0.25) is 0 Å². The van der Waals surface area contributed by atoms with Crippen molar-refractivity contribution in [1.29, 1.82) is 0 Å². The topological polar surface area (TPSA) is 36.1 Å². The van der Waals surface area contributed by atoms with Crippen LogP contribution in [0, 0.1) is 5.82 Å². The number of amides is 1. The van der Waals surface area contributed by atoms with Gasteiger partial charge in [-0.2, -0.15) is 0 Å². The zero-order valence-electron chi connectivity index (χ0n) is 16.4. The van der Waals surface area contributed by atoms with Crippen LogP contribution >= 0.6 is 0 Å². The molecule has 0 bridgehead atoms. The largest absolute Gasteiger partial charge is 0.358 e. The van der Waals surface area contributed by atoms with Crippen molar-refractivity contribution < 1.29 is 9.18 Å². The van der Waals surface area contributed by atoms with E-state index < -0.39 is 0 Å². The van der Waals surface area contributed by atoms with Crippen LogP contribution in [0.5, 0.6) is 0 Å². The highest BCUT2D eigenvalue weighted by Crippen LogP contribution is 2.32. The third-order valence-electron chi connectivity index (χ3n) is 5.82. The molecular weight excluding hydrogens is 351 g/mol.